The number of rotatable bonds is 5. The van der Waals surface area contributed by atoms with Gasteiger partial charge in [0.15, 0.2) is 5.96 Å². The van der Waals surface area contributed by atoms with Gasteiger partial charge in [-0.1, -0.05) is 6.07 Å². The van der Waals surface area contributed by atoms with Crippen molar-refractivity contribution in [1.82, 2.24) is 15.6 Å². The van der Waals surface area contributed by atoms with Gasteiger partial charge in [-0.15, -0.1) is 0 Å². The molecule has 1 saturated heterocycles. The zero-order chi connectivity index (χ0) is 14.3. The molecule has 20 heavy (non-hydrogen) atoms. The molecule has 2 heterocycles. The summed E-state index contributed by atoms with van der Waals surface area (Å²) in [5.74, 6) is 2.16. The molecule has 4 nitrogen and oxygen atoms in total. The zero-order valence-corrected chi connectivity index (χ0v) is 13.2. The van der Waals surface area contributed by atoms with E-state index in [1.165, 1.54) is 18.6 Å². The molecule has 0 spiro atoms. The van der Waals surface area contributed by atoms with E-state index in [4.69, 9.17) is 0 Å². The molecule has 1 aliphatic rings. The van der Waals surface area contributed by atoms with E-state index in [1.807, 2.05) is 18.2 Å². The number of hydrogen-bond acceptors (Lipinski definition) is 3. The molecule has 5 heteroatoms. The van der Waals surface area contributed by atoms with Crippen LogP contribution in [-0.2, 0) is 6.54 Å². The van der Waals surface area contributed by atoms with Crippen LogP contribution in [0.2, 0.25) is 0 Å². The molecule has 1 aromatic rings. The van der Waals surface area contributed by atoms with Crippen LogP contribution in [0.5, 0.6) is 0 Å². The van der Waals surface area contributed by atoms with Crippen molar-refractivity contribution in [2.24, 2.45) is 4.99 Å². The second kappa shape index (κ2) is 7.53. The van der Waals surface area contributed by atoms with E-state index in [9.17, 15) is 0 Å². The fourth-order valence-electron chi connectivity index (χ4n) is 2.24. The number of pyridine rings is 1. The lowest BCUT2D eigenvalue weighted by molar-refractivity contribution is 0.584. The normalized spacial score (nSPS) is 22.8. The third-order valence-electron chi connectivity index (χ3n) is 3.40. The maximum absolute atomic E-state index is 4.60. The molecule has 1 aliphatic heterocycles. The van der Waals surface area contributed by atoms with Crippen molar-refractivity contribution in [1.29, 1.82) is 0 Å². The van der Waals surface area contributed by atoms with Crippen LogP contribution in [-0.4, -0.2) is 34.5 Å². The topological polar surface area (TPSA) is 49.3 Å². The van der Waals surface area contributed by atoms with Gasteiger partial charge in [-0.05, 0) is 44.6 Å². The van der Waals surface area contributed by atoms with Gasteiger partial charge >= 0.3 is 0 Å². The van der Waals surface area contributed by atoms with Crippen molar-refractivity contribution < 1.29 is 0 Å². The first-order chi connectivity index (χ1) is 9.72. The van der Waals surface area contributed by atoms with Gasteiger partial charge < -0.3 is 10.6 Å². The molecule has 1 fully saturated rings. The molecule has 110 valence electrons. The molecule has 1 unspecified atom stereocenters. The zero-order valence-electron chi connectivity index (χ0n) is 12.4. The second-order valence-corrected chi connectivity index (χ2v) is 6.95. The van der Waals surface area contributed by atoms with E-state index in [1.54, 1.807) is 6.20 Å². The summed E-state index contributed by atoms with van der Waals surface area (Å²) in [5, 5.41) is 6.76. The van der Waals surface area contributed by atoms with E-state index in [-0.39, 0.29) is 0 Å². The molecule has 0 radical (unpaired) electrons. The van der Waals surface area contributed by atoms with E-state index >= 15 is 0 Å². The Labute approximate surface area is 125 Å². The second-order valence-electron chi connectivity index (χ2n) is 5.27. The van der Waals surface area contributed by atoms with Gasteiger partial charge in [-0.2, -0.15) is 11.8 Å². The molecule has 2 rings (SSSR count). The van der Waals surface area contributed by atoms with E-state index in [0.29, 0.717) is 11.3 Å². The summed E-state index contributed by atoms with van der Waals surface area (Å²) in [6.45, 7) is 6.87. The number of aliphatic imine (C=N–C) groups is 1. The third kappa shape index (κ3) is 4.71. The lowest BCUT2D eigenvalue weighted by Crippen LogP contribution is -2.43. The fourth-order valence-corrected chi connectivity index (χ4v) is 3.48. The van der Waals surface area contributed by atoms with Crippen molar-refractivity contribution >= 4 is 17.7 Å². The Balaban J connectivity index is 1.89. The molecular formula is C15H24N4S. The Morgan fingerprint density at radius 3 is 3.00 bits per heavy atom. The first-order valence-electron chi connectivity index (χ1n) is 7.28. The van der Waals surface area contributed by atoms with E-state index in [0.717, 1.165) is 24.7 Å². The van der Waals surface area contributed by atoms with Crippen molar-refractivity contribution in [2.45, 2.75) is 38.0 Å². The highest BCUT2D eigenvalue weighted by Crippen LogP contribution is 2.36. The quantitative estimate of drug-likeness (QED) is 0.646. The third-order valence-corrected chi connectivity index (χ3v) is 4.94. The van der Waals surface area contributed by atoms with Crippen molar-refractivity contribution in [3.05, 3.63) is 30.1 Å². The molecule has 2 N–H and O–H groups in total. The van der Waals surface area contributed by atoms with Crippen LogP contribution in [0.1, 0.15) is 32.4 Å². The average Bonchev–Trinajstić information content (AvgIpc) is 2.90. The lowest BCUT2D eigenvalue weighted by Gasteiger charge is -2.24. The van der Waals surface area contributed by atoms with Crippen LogP contribution in [0, 0.1) is 0 Å². The predicted octanol–water partition coefficient (Wildman–Crippen LogP) is 2.42. The maximum Gasteiger partial charge on any atom is 0.191 e. The fraction of sp³-hybridized carbons (Fsp3) is 0.600. The molecule has 1 atom stereocenters. The van der Waals surface area contributed by atoms with Gasteiger partial charge in [-0.25, -0.2) is 4.99 Å². The lowest BCUT2D eigenvalue weighted by atomic mass is 10.1. The summed E-state index contributed by atoms with van der Waals surface area (Å²) in [6, 6.07) is 5.92. The predicted molar refractivity (Wildman–Crippen MR) is 87.2 cm³/mol. The Morgan fingerprint density at radius 1 is 1.45 bits per heavy atom. The van der Waals surface area contributed by atoms with Gasteiger partial charge in [0.1, 0.15) is 0 Å². The number of guanidine groups is 1. The Hall–Kier alpha value is -1.23. The van der Waals surface area contributed by atoms with Gasteiger partial charge in [-0.3, -0.25) is 4.98 Å². The van der Waals surface area contributed by atoms with Gasteiger partial charge in [0.2, 0.25) is 0 Å². The summed E-state index contributed by atoms with van der Waals surface area (Å²) < 4.78 is 0.348. The highest BCUT2D eigenvalue weighted by molar-refractivity contribution is 8.00. The molecule has 1 aromatic heterocycles. The standard InChI is InChI=1S/C15H24N4S/c1-3-16-14(18-11-13-7-4-5-9-17-13)19-12-15(2)8-6-10-20-15/h4-5,7,9H,3,6,8,10-12H2,1-2H3,(H2,16,18,19). The number of aromatic nitrogens is 1. The van der Waals surface area contributed by atoms with Crippen LogP contribution in [0.15, 0.2) is 29.4 Å². The van der Waals surface area contributed by atoms with E-state index in [2.05, 4.69) is 46.2 Å². The maximum atomic E-state index is 4.60. The molecule has 0 aliphatic carbocycles. The summed E-state index contributed by atoms with van der Waals surface area (Å²) >= 11 is 2.06. The number of hydrogen-bond donors (Lipinski definition) is 2. The summed E-state index contributed by atoms with van der Waals surface area (Å²) in [7, 11) is 0. The van der Waals surface area contributed by atoms with Crippen LogP contribution in [0.4, 0.5) is 0 Å². The highest BCUT2D eigenvalue weighted by atomic mass is 32.2. The first kappa shape index (κ1) is 15.2. The van der Waals surface area contributed by atoms with Crippen molar-refractivity contribution in [3.8, 4) is 0 Å². The first-order valence-corrected chi connectivity index (χ1v) is 8.26. The summed E-state index contributed by atoms with van der Waals surface area (Å²) in [4.78, 5) is 8.89. The van der Waals surface area contributed by atoms with Crippen LogP contribution in [0.25, 0.3) is 0 Å². The van der Waals surface area contributed by atoms with Gasteiger partial charge in [0.05, 0.1) is 12.2 Å². The molecule has 0 bridgehead atoms. The van der Waals surface area contributed by atoms with Crippen molar-refractivity contribution in [2.75, 3.05) is 18.8 Å². The number of nitrogens with zero attached hydrogens (tertiary/aromatic N) is 2. The monoisotopic (exact) mass is 292 g/mol. The highest BCUT2D eigenvalue weighted by Gasteiger charge is 2.29. The summed E-state index contributed by atoms with van der Waals surface area (Å²) in [6.07, 6.45) is 4.41. The van der Waals surface area contributed by atoms with Crippen LogP contribution >= 0.6 is 11.8 Å². The van der Waals surface area contributed by atoms with Crippen LogP contribution in [0.3, 0.4) is 0 Å². The number of nitrogens with one attached hydrogen (secondary N) is 2. The molecule has 0 aromatic carbocycles. The minimum absolute atomic E-state index is 0.348. The summed E-state index contributed by atoms with van der Waals surface area (Å²) in [5.41, 5.74) is 0.992. The Morgan fingerprint density at radius 2 is 2.35 bits per heavy atom. The minimum Gasteiger partial charge on any atom is -0.357 e. The molecule has 0 amide bonds. The molecule has 0 saturated carbocycles. The van der Waals surface area contributed by atoms with Gasteiger partial charge in [0, 0.05) is 24.0 Å². The molecular weight excluding hydrogens is 268 g/mol. The SMILES string of the molecule is CCNC(=NCc1ccccn1)NCC1(C)CCCS1. The Kier molecular flexibility index (Phi) is 5.71. The Bertz CT molecular complexity index is 427. The van der Waals surface area contributed by atoms with Crippen molar-refractivity contribution in [3.63, 3.8) is 0 Å². The van der Waals surface area contributed by atoms with Crippen LogP contribution < -0.4 is 10.6 Å². The average molecular weight is 292 g/mol. The minimum atomic E-state index is 0.348. The van der Waals surface area contributed by atoms with Gasteiger partial charge in [0.25, 0.3) is 0 Å². The van der Waals surface area contributed by atoms with E-state index < -0.39 is 0 Å². The smallest absolute Gasteiger partial charge is 0.191 e. The largest absolute Gasteiger partial charge is 0.357 e. The number of thioether (sulfide) groups is 1.